The van der Waals surface area contributed by atoms with Gasteiger partial charge in [-0.2, -0.15) is 13.2 Å². The molecule has 0 spiro atoms. The molecule has 0 aromatic heterocycles. The first-order chi connectivity index (χ1) is 21.3. The third kappa shape index (κ3) is 8.31. The molecule has 3 aromatic rings. The summed E-state index contributed by atoms with van der Waals surface area (Å²) < 4.78 is 45.3. The Morgan fingerprint density at radius 3 is 2.33 bits per heavy atom. The number of anilines is 2. The number of halogens is 3. The van der Waals surface area contributed by atoms with E-state index in [0.717, 1.165) is 29.8 Å². The topological polar surface area (TPSA) is 131 Å². The van der Waals surface area contributed by atoms with Crippen molar-refractivity contribution < 1.29 is 42.5 Å². The van der Waals surface area contributed by atoms with Crippen molar-refractivity contribution in [2.45, 2.75) is 38.7 Å². The number of carbonyl (C=O) groups excluding carboxylic acids is 2. The second kappa shape index (κ2) is 14.0. The summed E-state index contributed by atoms with van der Waals surface area (Å²) in [5.74, 6) is -1.51. The van der Waals surface area contributed by atoms with Crippen LogP contribution in [0.25, 0.3) is 0 Å². The van der Waals surface area contributed by atoms with Gasteiger partial charge in [0.1, 0.15) is 6.10 Å². The maximum absolute atomic E-state index is 13.7. The highest BCUT2D eigenvalue weighted by Gasteiger charge is 2.35. The molecule has 1 aliphatic heterocycles. The zero-order chi connectivity index (χ0) is 32.9. The lowest BCUT2D eigenvalue weighted by Gasteiger charge is -2.38. The largest absolute Gasteiger partial charge is 0.486 e. The number of hydrogen-bond donors (Lipinski definition) is 4. The van der Waals surface area contributed by atoms with Gasteiger partial charge in [0.15, 0.2) is 5.75 Å². The minimum absolute atomic E-state index is 0.121. The van der Waals surface area contributed by atoms with E-state index in [9.17, 15) is 37.8 Å². The summed E-state index contributed by atoms with van der Waals surface area (Å²) in [6, 6.07) is 13.9. The van der Waals surface area contributed by atoms with E-state index in [4.69, 9.17) is 4.74 Å². The SMILES string of the molecule is C[C@@H]1CN([C@H](C)CO)C(=O)c2cccc(NC(=O)Nc3ccc(C(F)(F)F)cc3)c2O[C@@H]1CN(C)Cc1ccc(C(=O)O)cc1. The molecule has 0 saturated heterocycles. The number of likely N-dealkylation sites (N-methyl/N-ethyl adjacent to an activating group) is 1. The molecule has 3 aromatic carbocycles. The molecule has 45 heavy (non-hydrogen) atoms. The van der Waals surface area contributed by atoms with Crippen molar-refractivity contribution in [1.82, 2.24) is 9.80 Å². The van der Waals surface area contributed by atoms with Crippen LogP contribution >= 0.6 is 0 Å². The van der Waals surface area contributed by atoms with E-state index in [-0.39, 0.29) is 47.3 Å². The van der Waals surface area contributed by atoms with Gasteiger partial charge in [-0.3, -0.25) is 9.69 Å². The van der Waals surface area contributed by atoms with E-state index in [1.807, 2.05) is 18.9 Å². The first-order valence-electron chi connectivity index (χ1n) is 14.2. The Bertz CT molecular complexity index is 1510. The Kier molecular flexibility index (Phi) is 10.3. The van der Waals surface area contributed by atoms with Gasteiger partial charge in [-0.15, -0.1) is 0 Å². The summed E-state index contributed by atoms with van der Waals surface area (Å²) in [5, 5.41) is 24.2. The highest BCUT2D eigenvalue weighted by molar-refractivity contribution is 6.04. The van der Waals surface area contributed by atoms with Crippen LogP contribution in [-0.4, -0.2) is 76.8 Å². The van der Waals surface area contributed by atoms with Crippen LogP contribution in [0.5, 0.6) is 5.75 Å². The zero-order valence-electron chi connectivity index (χ0n) is 25.0. The van der Waals surface area contributed by atoms with E-state index < -0.39 is 41.8 Å². The lowest BCUT2D eigenvalue weighted by Crippen LogP contribution is -2.49. The zero-order valence-corrected chi connectivity index (χ0v) is 25.0. The minimum atomic E-state index is -4.51. The number of nitrogens with one attached hydrogen (secondary N) is 2. The molecule has 0 aliphatic carbocycles. The smallest absolute Gasteiger partial charge is 0.416 e. The third-order valence-corrected chi connectivity index (χ3v) is 7.55. The van der Waals surface area contributed by atoms with Crippen LogP contribution < -0.4 is 15.4 Å². The van der Waals surface area contributed by atoms with Crippen LogP contribution in [0.1, 0.15) is 45.7 Å². The molecule has 13 heteroatoms. The van der Waals surface area contributed by atoms with Crippen LogP contribution in [0.15, 0.2) is 66.7 Å². The van der Waals surface area contributed by atoms with Gasteiger partial charge in [-0.25, -0.2) is 9.59 Å². The van der Waals surface area contributed by atoms with Crippen molar-refractivity contribution in [3.8, 4) is 5.75 Å². The number of amides is 3. The second-order valence-electron chi connectivity index (χ2n) is 11.2. The van der Waals surface area contributed by atoms with Crippen molar-refractivity contribution >= 4 is 29.3 Å². The summed E-state index contributed by atoms with van der Waals surface area (Å²) in [7, 11) is 1.88. The van der Waals surface area contributed by atoms with E-state index >= 15 is 0 Å². The number of carbonyl (C=O) groups is 3. The van der Waals surface area contributed by atoms with Gasteiger partial charge in [0, 0.05) is 31.2 Å². The number of benzene rings is 3. The molecule has 240 valence electrons. The number of carboxylic acids is 1. The molecule has 0 fully saturated rings. The number of hydrogen-bond acceptors (Lipinski definition) is 6. The van der Waals surface area contributed by atoms with Crippen molar-refractivity contribution in [3.63, 3.8) is 0 Å². The average Bonchev–Trinajstić information content (AvgIpc) is 2.99. The Labute approximate surface area is 258 Å². The molecule has 3 amide bonds. The number of fused-ring (bicyclic) bond motifs is 1. The fourth-order valence-corrected chi connectivity index (χ4v) is 5.02. The monoisotopic (exact) mass is 628 g/mol. The third-order valence-electron chi connectivity index (χ3n) is 7.55. The summed E-state index contributed by atoms with van der Waals surface area (Å²) >= 11 is 0. The minimum Gasteiger partial charge on any atom is -0.486 e. The molecular weight excluding hydrogens is 593 g/mol. The Balaban J connectivity index is 1.59. The van der Waals surface area contributed by atoms with Gasteiger partial charge in [0.2, 0.25) is 0 Å². The molecule has 0 bridgehead atoms. The predicted octanol–water partition coefficient (Wildman–Crippen LogP) is 5.40. The lowest BCUT2D eigenvalue weighted by molar-refractivity contribution is -0.137. The van der Waals surface area contributed by atoms with Crippen molar-refractivity contribution in [3.05, 3.63) is 89.0 Å². The Morgan fingerprint density at radius 2 is 1.73 bits per heavy atom. The molecule has 0 saturated carbocycles. The Hall–Kier alpha value is -4.62. The van der Waals surface area contributed by atoms with Crippen molar-refractivity contribution in [2.75, 3.05) is 37.4 Å². The molecule has 0 radical (unpaired) electrons. The van der Waals surface area contributed by atoms with Crippen LogP contribution in [-0.2, 0) is 12.7 Å². The number of urea groups is 1. The predicted molar refractivity (Wildman–Crippen MR) is 161 cm³/mol. The molecule has 3 atom stereocenters. The maximum atomic E-state index is 13.7. The van der Waals surface area contributed by atoms with Gasteiger partial charge in [0.25, 0.3) is 5.91 Å². The summed E-state index contributed by atoms with van der Waals surface area (Å²) in [5.41, 5.74) is 0.687. The molecule has 10 nitrogen and oxygen atoms in total. The van der Waals surface area contributed by atoms with E-state index in [1.54, 1.807) is 42.2 Å². The molecule has 1 aliphatic rings. The molecule has 1 heterocycles. The van der Waals surface area contributed by atoms with Gasteiger partial charge >= 0.3 is 18.2 Å². The van der Waals surface area contributed by atoms with Gasteiger partial charge in [-0.05, 0) is 68.1 Å². The van der Waals surface area contributed by atoms with Crippen LogP contribution in [0.2, 0.25) is 0 Å². The number of nitrogens with zero attached hydrogens (tertiary/aromatic N) is 2. The van der Waals surface area contributed by atoms with Gasteiger partial charge < -0.3 is 30.5 Å². The molecule has 4 N–H and O–H groups in total. The molecular formula is C32H35F3N4O6. The van der Waals surface area contributed by atoms with Crippen LogP contribution in [0, 0.1) is 5.92 Å². The number of rotatable bonds is 9. The van der Waals surface area contributed by atoms with Crippen LogP contribution in [0.4, 0.5) is 29.3 Å². The normalized spacial score (nSPS) is 17.5. The highest BCUT2D eigenvalue weighted by Crippen LogP contribution is 2.35. The average molecular weight is 629 g/mol. The quantitative estimate of drug-likeness (QED) is 0.250. The van der Waals surface area contributed by atoms with E-state index in [2.05, 4.69) is 10.6 Å². The Morgan fingerprint density at radius 1 is 1.07 bits per heavy atom. The molecule has 4 rings (SSSR count). The fourth-order valence-electron chi connectivity index (χ4n) is 5.02. The summed E-state index contributed by atoms with van der Waals surface area (Å²) in [4.78, 5) is 41.4. The van der Waals surface area contributed by atoms with Crippen molar-refractivity contribution in [1.29, 1.82) is 0 Å². The number of aromatic carboxylic acids is 1. The fraction of sp³-hybridized carbons (Fsp3) is 0.344. The number of para-hydroxylation sites is 1. The number of carboxylic acid groups (broad SMARTS) is 1. The van der Waals surface area contributed by atoms with Gasteiger partial charge in [0.05, 0.1) is 35.0 Å². The number of alkyl halides is 3. The molecule has 0 unspecified atom stereocenters. The standard InChI is InChI=1S/C32H35F3N4O6/c1-19-15-39(20(2)18-40)29(41)25-5-4-6-26(37-31(44)36-24-13-11-23(12-14-24)32(33,34)35)28(25)45-27(19)17-38(3)16-21-7-9-22(10-8-21)30(42)43/h4-14,19-20,27,40H,15-18H2,1-3H3,(H,42,43)(H2,36,37,44)/t19-,20-,27-/m1/s1. The lowest BCUT2D eigenvalue weighted by atomic mass is 9.98. The van der Waals surface area contributed by atoms with E-state index in [0.29, 0.717) is 13.1 Å². The summed E-state index contributed by atoms with van der Waals surface area (Å²) in [6.45, 7) is 4.54. The summed E-state index contributed by atoms with van der Waals surface area (Å²) in [6.07, 6.45) is -5.01. The number of aliphatic hydroxyl groups excluding tert-OH is 1. The maximum Gasteiger partial charge on any atom is 0.416 e. The van der Waals surface area contributed by atoms with Gasteiger partial charge in [-0.1, -0.05) is 25.1 Å². The first kappa shape index (κ1) is 33.3. The van der Waals surface area contributed by atoms with Crippen LogP contribution in [0.3, 0.4) is 0 Å². The number of aliphatic hydroxyl groups is 1. The first-order valence-corrected chi connectivity index (χ1v) is 14.2. The highest BCUT2D eigenvalue weighted by atomic mass is 19.4. The van der Waals surface area contributed by atoms with E-state index in [1.165, 1.54) is 12.1 Å². The second-order valence-corrected chi connectivity index (χ2v) is 11.2. The number of ether oxygens (including phenoxy) is 1. The van der Waals surface area contributed by atoms with Crippen molar-refractivity contribution in [2.24, 2.45) is 5.92 Å².